The second kappa shape index (κ2) is 16.6. The number of aliphatic hydroxyl groups excluding tert-OH is 4. The van der Waals surface area contributed by atoms with Crippen molar-refractivity contribution in [3.63, 3.8) is 0 Å². The van der Waals surface area contributed by atoms with E-state index in [1.54, 1.807) is 0 Å². The zero-order chi connectivity index (χ0) is 25.4. The Balaban J connectivity index is -0.000000392. The summed E-state index contributed by atoms with van der Waals surface area (Å²) in [5, 5.41) is 83.7. The lowest BCUT2D eigenvalue weighted by atomic mass is 9.96. The highest BCUT2D eigenvalue weighted by Crippen LogP contribution is 2.15. The Morgan fingerprint density at radius 1 is 0.742 bits per heavy atom. The molecule has 0 unspecified atom stereocenters. The van der Waals surface area contributed by atoms with Gasteiger partial charge in [0.05, 0.1) is 32.3 Å². The average Bonchev–Trinajstić information content (AvgIpc) is 2.64. The minimum atomic E-state index is -2.74. The average molecular weight is 460 g/mol. The molecule has 0 aliphatic rings. The molecule has 0 saturated carbocycles. The Morgan fingerprint density at radius 3 is 1.29 bits per heavy atom. The van der Waals surface area contributed by atoms with Gasteiger partial charge < -0.3 is 55.9 Å². The topological polar surface area (TPSA) is 305 Å². The highest BCUT2D eigenvalue weighted by Gasteiger charge is 2.40. The van der Waals surface area contributed by atoms with E-state index in [0.717, 1.165) is 0 Å². The summed E-state index contributed by atoms with van der Waals surface area (Å²) >= 11 is 0. The van der Waals surface area contributed by atoms with Crippen LogP contribution < -0.4 is 0 Å². The van der Waals surface area contributed by atoms with Crippen molar-refractivity contribution in [2.75, 3.05) is 6.61 Å². The van der Waals surface area contributed by atoms with E-state index in [0.29, 0.717) is 0 Å². The van der Waals surface area contributed by atoms with E-state index in [4.69, 9.17) is 51.1 Å². The van der Waals surface area contributed by atoms with Crippen LogP contribution >= 0.6 is 0 Å². The van der Waals surface area contributed by atoms with Crippen molar-refractivity contribution < 1.29 is 79.8 Å². The van der Waals surface area contributed by atoms with Crippen molar-refractivity contribution in [3.8, 4) is 0 Å². The maximum Gasteiger partial charge on any atom is 0.336 e. The summed E-state index contributed by atoms with van der Waals surface area (Å²) in [7, 11) is 0. The first-order valence-corrected chi connectivity index (χ1v) is 7.97. The molecule has 180 valence electrons. The molecule has 3 atom stereocenters. The fraction of sp³-hybridized carbons (Fsp3) is 0.600. The molecule has 0 heterocycles. The van der Waals surface area contributed by atoms with Crippen LogP contribution in [0.3, 0.4) is 0 Å². The highest BCUT2D eigenvalue weighted by atomic mass is 16.4. The van der Waals surface area contributed by atoms with Gasteiger partial charge >= 0.3 is 29.8 Å². The summed E-state index contributed by atoms with van der Waals surface area (Å²) < 4.78 is 0. The van der Waals surface area contributed by atoms with E-state index in [-0.39, 0.29) is 19.1 Å². The molecular formula is C15H24O16. The van der Waals surface area contributed by atoms with Crippen LogP contribution in [0.5, 0.6) is 0 Å². The fourth-order valence-electron chi connectivity index (χ4n) is 1.34. The number of carboxylic acids is 5. The zero-order valence-electron chi connectivity index (χ0n) is 15.8. The summed E-state index contributed by atoms with van der Waals surface area (Å²) in [5.41, 5.74) is -2.74. The van der Waals surface area contributed by atoms with Gasteiger partial charge in [-0.1, -0.05) is 0 Å². The second-order valence-corrected chi connectivity index (χ2v) is 5.63. The summed E-state index contributed by atoms with van der Waals surface area (Å²) in [4.78, 5) is 59.5. The van der Waals surface area contributed by atoms with Crippen molar-refractivity contribution in [1.82, 2.24) is 0 Å². The number of aliphatic carboxylic acids is 5. The first-order chi connectivity index (χ1) is 14.0. The third-order valence-corrected chi connectivity index (χ3v) is 2.91. The van der Waals surface area contributed by atoms with Crippen LogP contribution in [0.25, 0.3) is 0 Å². The molecule has 31 heavy (non-hydrogen) atoms. The number of aliphatic hydroxyl groups is 5. The predicted octanol–water partition coefficient (Wildman–Crippen LogP) is -4.05. The van der Waals surface area contributed by atoms with Crippen LogP contribution in [-0.4, -0.2) is 118 Å². The molecule has 16 nitrogen and oxygen atoms in total. The van der Waals surface area contributed by atoms with Crippen LogP contribution in [-0.2, 0) is 28.8 Å². The van der Waals surface area contributed by atoms with E-state index >= 15 is 0 Å². The van der Waals surface area contributed by atoms with Crippen LogP contribution in [0, 0.1) is 0 Å². The lowest BCUT2D eigenvalue weighted by Gasteiger charge is -2.18. The Kier molecular flexibility index (Phi) is 17.4. The van der Waals surface area contributed by atoms with Gasteiger partial charge in [0.1, 0.15) is 18.3 Å². The van der Waals surface area contributed by atoms with Crippen molar-refractivity contribution in [2.24, 2.45) is 0 Å². The van der Waals surface area contributed by atoms with Gasteiger partial charge in [0.25, 0.3) is 0 Å². The fourth-order valence-corrected chi connectivity index (χ4v) is 1.34. The largest absolute Gasteiger partial charge is 0.481 e. The lowest BCUT2D eigenvalue weighted by molar-refractivity contribution is -0.170. The predicted molar refractivity (Wildman–Crippen MR) is 92.8 cm³/mol. The van der Waals surface area contributed by atoms with Crippen molar-refractivity contribution >= 4 is 36.1 Å². The Bertz CT molecular complexity index is 584. The van der Waals surface area contributed by atoms with E-state index < -0.39 is 73.2 Å². The van der Waals surface area contributed by atoms with Crippen LogP contribution in [0.4, 0.5) is 0 Å². The van der Waals surface area contributed by atoms with E-state index in [9.17, 15) is 28.8 Å². The van der Waals surface area contributed by atoms with Crippen molar-refractivity contribution in [1.29, 1.82) is 0 Å². The van der Waals surface area contributed by atoms with Gasteiger partial charge in [-0.2, -0.15) is 0 Å². The third-order valence-electron chi connectivity index (χ3n) is 2.91. The summed E-state index contributed by atoms with van der Waals surface area (Å²) in [6, 6.07) is 0. The van der Waals surface area contributed by atoms with Gasteiger partial charge in [0.15, 0.2) is 11.9 Å². The van der Waals surface area contributed by atoms with Gasteiger partial charge in [-0.25, -0.2) is 4.79 Å². The molecule has 0 amide bonds. The molecule has 0 radical (unpaired) electrons. The van der Waals surface area contributed by atoms with E-state index in [1.165, 1.54) is 0 Å². The van der Waals surface area contributed by atoms with Crippen molar-refractivity contribution in [3.05, 3.63) is 0 Å². The van der Waals surface area contributed by atoms with E-state index in [2.05, 4.69) is 0 Å². The zero-order valence-corrected chi connectivity index (χ0v) is 15.8. The van der Waals surface area contributed by atoms with Crippen LogP contribution in [0.2, 0.25) is 0 Å². The number of carboxylic acid groups (broad SMARTS) is 5. The standard InChI is InChI=1S/C6H8O7.C5H10O5.C4H6O4/c7-3(8)1-6(13,5(11)12)2-4(9)10;6-1-3(8)5(10)4(9)2-7;5-3(6)1-2-4(7)8/h13H,1-2H2,(H,7,8)(H,9,10)(H,11,12);1,3-5,7-10H,2H2;1-2H2,(H,5,6)(H,7,8)/t;3-,4-,5+;/m.1./s1. The minimum absolute atomic E-state index is 0.0869. The molecule has 0 spiro atoms. The summed E-state index contributed by atoms with van der Waals surface area (Å²) in [6.45, 7) is -0.688. The molecule has 0 aliphatic carbocycles. The van der Waals surface area contributed by atoms with Gasteiger partial charge in [0.2, 0.25) is 0 Å². The maximum absolute atomic E-state index is 10.3. The normalized spacial score (nSPS) is 13.1. The number of rotatable bonds is 12. The molecular weight excluding hydrogens is 436 g/mol. The Morgan fingerprint density at radius 2 is 1.10 bits per heavy atom. The van der Waals surface area contributed by atoms with Gasteiger partial charge in [-0.05, 0) is 0 Å². The number of hydrogen-bond acceptors (Lipinski definition) is 11. The lowest BCUT2D eigenvalue weighted by Crippen LogP contribution is -2.42. The summed E-state index contributed by atoms with van der Waals surface area (Å²) in [6.07, 6.45) is -7.51. The smallest absolute Gasteiger partial charge is 0.336 e. The quantitative estimate of drug-likeness (QED) is 0.124. The maximum atomic E-state index is 10.3. The number of carbonyl (C=O) groups is 6. The molecule has 0 aliphatic heterocycles. The molecule has 0 rings (SSSR count). The second-order valence-electron chi connectivity index (χ2n) is 5.63. The third kappa shape index (κ3) is 18.6. The van der Waals surface area contributed by atoms with Crippen LogP contribution in [0.15, 0.2) is 0 Å². The number of carbonyl (C=O) groups excluding carboxylic acids is 1. The number of hydrogen-bond donors (Lipinski definition) is 10. The van der Waals surface area contributed by atoms with Crippen LogP contribution in [0.1, 0.15) is 25.7 Å². The van der Waals surface area contributed by atoms with Gasteiger partial charge in [0, 0.05) is 0 Å². The molecule has 16 heteroatoms. The molecule has 0 saturated heterocycles. The SMILES string of the molecule is O=C(O)CC(O)(CC(=O)O)C(=O)O.O=C(O)CCC(=O)O.O=C[C@@H](O)[C@H](O)[C@H](O)CO. The van der Waals surface area contributed by atoms with Gasteiger partial charge in [-0.15, -0.1) is 0 Å². The first-order valence-electron chi connectivity index (χ1n) is 7.97. The van der Waals surface area contributed by atoms with E-state index in [1.807, 2.05) is 0 Å². The number of aldehydes is 1. The van der Waals surface area contributed by atoms with Gasteiger partial charge in [-0.3, -0.25) is 19.2 Å². The monoisotopic (exact) mass is 460 g/mol. The summed E-state index contributed by atoms with van der Waals surface area (Å²) in [5.74, 6) is -7.17. The highest BCUT2D eigenvalue weighted by molar-refractivity contribution is 5.88. The molecule has 10 N–H and O–H groups in total. The first kappa shape index (κ1) is 32.5. The molecule has 0 fully saturated rings. The molecule has 0 bridgehead atoms. The van der Waals surface area contributed by atoms with Crippen molar-refractivity contribution in [2.45, 2.75) is 49.6 Å². The Labute approximate surface area is 173 Å². The molecule has 0 aromatic rings. The molecule has 0 aromatic heterocycles. The molecule has 0 aromatic carbocycles. The minimum Gasteiger partial charge on any atom is -0.481 e. The Hall–Kier alpha value is -3.18.